The van der Waals surface area contributed by atoms with Crippen LogP contribution in [0.2, 0.25) is 0 Å². The normalized spacial score (nSPS) is 10.9. The van der Waals surface area contributed by atoms with E-state index in [-0.39, 0.29) is 17.2 Å². The second-order valence-electron chi connectivity index (χ2n) is 8.28. The van der Waals surface area contributed by atoms with Gasteiger partial charge in [0.1, 0.15) is 5.75 Å². The van der Waals surface area contributed by atoms with Crippen LogP contribution in [-0.4, -0.2) is 40.3 Å². The van der Waals surface area contributed by atoms with Gasteiger partial charge in [-0.05, 0) is 66.9 Å². The predicted octanol–water partition coefficient (Wildman–Crippen LogP) is 4.76. The van der Waals surface area contributed by atoms with Crippen LogP contribution in [0.5, 0.6) is 5.75 Å². The fourth-order valence-electron chi connectivity index (χ4n) is 3.85. The van der Waals surface area contributed by atoms with E-state index in [1.54, 1.807) is 29.7 Å². The van der Waals surface area contributed by atoms with Crippen molar-refractivity contribution in [3.8, 4) is 11.4 Å². The first-order chi connectivity index (χ1) is 16.4. The Labute approximate surface area is 203 Å². The standard InChI is InChI=1S/C27H27N3O3S/c1-18-13-19(2)15-21(14-18)30-26(32)23-7-5-6-8-24(23)28-27(30)34-17-25(31)29(3)16-20-9-11-22(33-4)12-10-20/h5-15H,16-17H2,1-4H3. The molecule has 1 aromatic heterocycles. The highest BCUT2D eigenvalue weighted by Gasteiger charge is 2.17. The summed E-state index contributed by atoms with van der Waals surface area (Å²) in [4.78, 5) is 32.8. The summed E-state index contributed by atoms with van der Waals surface area (Å²) < 4.78 is 6.81. The Hall–Kier alpha value is -3.58. The van der Waals surface area contributed by atoms with Crippen LogP contribution in [0.25, 0.3) is 16.6 Å². The maximum atomic E-state index is 13.4. The quantitative estimate of drug-likeness (QED) is 0.286. The molecule has 3 aromatic carbocycles. The number of ether oxygens (including phenoxy) is 1. The Morgan fingerprint density at radius 3 is 2.38 bits per heavy atom. The fraction of sp³-hybridized carbons (Fsp3) is 0.222. The summed E-state index contributed by atoms with van der Waals surface area (Å²) in [5.74, 6) is 0.901. The molecule has 6 nitrogen and oxygen atoms in total. The lowest BCUT2D eigenvalue weighted by atomic mass is 10.1. The molecule has 0 N–H and O–H groups in total. The Morgan fingerprint density at radius 2 is 1.71 bits per heavy atom. The van der Waals surface area contributed by atoms with E-state index in [1.807, 2.05) is 68.4 Å². The molecule has 34 heavy (non-hydrogen) atoms. The summed E-state index contributed by atoms with van der Waals surface area (Å²) in [5.41, 5.74) is 4.36. The van der Waals surface area contributed by atoms with Crippen molar-refractivity contribution < 1.29 is 9.53 Å². The number of methoxy groups -OCH3 is 1. The lowest BCUT2D eigenvalue weighted by molar-refractivity contribution is -0.127. The molecule has 174 valence electrons. The lowest BCUT2D eigenvalue weighted by Gasteiger charge is -2.18. The molecule has 4 aromatic rings. The highest BCUT2D eigenvalue weighted by Crippen LogP contribution is 2.23. The molecule has 1 heterocycles. The predicted molar refractivity (Wildman–Crippen MR) is 137 cm³/mol. The maximum Gasteiger partial charge on any atom is 0.266 e. The number of aromatic nitrogens is 2. The van der Waals surface area contributed by atoms with Crippen molar-refractivity contribution in [2.45, 2.75) is 25.5 Å². The van der Waals surface area contributed by atoms with Crippen LogP contribution in [-0.2, 0) is 11.3 Å². The van der Waals surface area contributed by atoms with Gasteiger partial charge in [-0.1, -0.05) is 42.1 Å². The molecule has 0 spiro atoms. The third kappa shape index (κ3) is 5.15. The molecule has 0 aliphatic carbocycles. The van der Waals surface area contributed by atoms with Gasteiger partial charge >= 0.3 is 0 Å². The van der Waals surface area contributed by atoms with Crippen molar-refractivity contribution in [3.05, 3.63) is 93.8 Å². The van der Waals surface area contributed by atoms with Crippen molar-refractivity contribution in [1.82, 2.24) is 14.5 Å². The maximum absolute atomic E-state index is 13.4. The van der Waals surface area contributed by atoms with E-state index < -0.39 is 0 Å². The summed E-state index contributed by atoms with van der Waals surface area (Å²) in [6.45, 7) is 4.49. The van der Waals surface area contributed by atoms with Crippen molar-refractivity contribution in [1.29, 1.82) is 0 Å². The van der Waals surface area contributed by atoms with Crippen LogP contribution >= 0.6 is 11.8 Å². The zero-order chi connectivity index (χ0) is 24.2. The van der Waals surface area contributed by atoms with Gasteiger partial charge in [0.05, 0.1) is 29.5 Å². The molecule has 0 saturated heterocycles. The Bertz CT molecular complexity index is 1380. The lowest BCUT2D eigenvalue weighted by Crippen LogP contribution is -2.28. The third-order valence-electron chi connectivity index (χ3n) is 5.54. The average molecular weight is 474 g/mol. The van der Waals surface area contributed by atoms with Gasteiger partial charge in [-0.15, -0.1) is 0 Å². The van der Waals surface area contributed by atoms with E-state index in [2.05, 4.69) is 6.07 Å². The second-order valence-corrected chi connectivity index (χ2v) is 9.23. The van der Waals surface area contributed by atoms with Gasteiger partial charge in [0, 0.05) is 13.6 Å². The molecule has 0 aliphatic rings. The van der Waals surface area contributed by atoms with Crippen molar-refractivity contribution in [3.63, 3.8) is 0 Å². The van der Waals surface area contributed by atoms with Crippen molar-refractivity contribution in [2.24, 2.45) is 0 Å². The highest BCUT2D eigenvalue weighted by molar-refractivity contribution is 7.99. The van der Waals surface area contributed by atoms with Crippen LogP contribution in [0.15, 0.2) is 76.7 Å². The molecule has 1 amide bonds. The molecule has 7 heteroatoms. The number of aryl methyl sites for hydroxylation is 2. The van der Waals surface area contributed by atoms with E-state index in [1.165, 1.54) is 11.8 Å². The summed E-state index contributed by atoms with van der Waals surface area (Å²) >= 11 is 1.28. The van der Waals surface area contributed by atoms with Crippen molar-refractivity contribution in [2.75, 3.05) is 19.9 Å². The number of thioether (sulfide) groups is 1. The number of carbonyl (C=O) groups is 1. The number of hydrogen-bond acceptors (Lipinski definition) is 5. The van der Waals surface area contributed by atoms with Gasteiger partial charge in [-0.3, -0.25) is 14.2 Å². The SMILES string of the molecule is COc1ccc(CN(C)C(=O)CSc2nc3ccccc3c(=O)n2-c2cc(C)cc(C)c2)cc1. The fourth-order valence-corrected chi connectivity index (χ4v) is 4.80. The van der Waals surface area contributed by atoms with E-state index in [0.29, 0.717) is 22.6 Å². The Balaban J connectivity index is 1.61. The van der Waals surface area contributed by atoms with Crippen LogP contribution in [0.3, 0.4) is 0 Å². The smallest absolute Gasteiger partial charge is 0.266 e. The molecule has 4 rings (SSSR count). The van der Waals surface area contributed by atoms with Gasteiger partial charge in [-0.25, -0.2) is 4.98 Å². The number of nitrogens with zero attached hydrogens (tertiary/aromatic N) is 3. The van der Waals surface area contributed by atoms with Crippen LogP contribution in [0, 0.1) is 13.8 Å². The Morgan fingerprint density at radius 1 is 1.03 bits per heavy atom. The first-order valence-electron chi connectivity index (χ1n) is 11.0. The number of amides is 1. The van der Waals surface area contributed by atoms with E-state index >= 15 is 0 Å². The van der Waals surface area contributed by atoms with E-state index in [9.17, 15) is 9.59 Å². The van der Waals surface area contributed by atoms with Gasteiger partial charge in [0.25, 0.3) is 5.56 Å². The number of para-hydroxylation sites is 1. The first-order valence-corrected chi connectivity index (χ1v) is 11.9. The first kappa shape index (κ1) is 23.6. The topological polar surface area (TPSA) is 64.4 Å². The Kier molecular flexibility index (Phi) is 7.03. The number of fused-ring (bicyclic) bond motifs is 1. The minimum atomic E-state index is -0.142. The molecule has 0 radical (unpaired) electrons. The second kappa shape index (κ2) is 10.1. The van der Waals surface area contributed by atoms with Crippen molar-refractivity contribution >= 4 is 28.6 Å². The summed E-state index contributed by atoms with van der Waals surface area (Å²) in [7, 11) is 3.40. The largest absolute Gasteiger partial charge is 0.497 e. The molecule has 0 atom stereocenters. The number of hydrogen-bond donors (Lipinski definition) is 0. The molecule has 0 saturated carbocycles. The number of rotatable bonds is 7. The molecule has 0 aliphatic heterocycles. The van der Waals surface area contributed by atoms with Gasteiger partial charge in [-0.2, -0.15) is 0 Å². The van der Waals surface area contributed by atoms with Crippen LogP contribution in [0.4, 0.5) is 0 Å². The molecule has 0 bridgehead atoms. The zero-order valence-electron chi connectivity index (χ0n) is 19.7. The molecular formula is C27H27N3O3S. The third-order valence-corrected chi connectivity index (χ3v) is 6.46. The summed E-state index contributed by atoms with van der Waals surface area (Å²) in [5, 5.41) is 1.05. The van der Waals surface area contributed by atoms with Crippen LogP contribution < -0.4 is 10.3 Å². The average Bonchev–Trinajstić information content (AvgIpc) is 2.82. The minimum Gasteiger partial charge on any atom is -0.497 e. The van der Waals surface area contributed by atoms with Gasteiger partial charge < -0.3 is 9.64 Å². The number of benzene rings is 3. The monoisotopic (exact) mass is 473 g/mol. The molecule has 0 fully saturated rings. The van der Waals surface area contributed by atoms with Gasteiger partial charge in [0.15, 0.2) is 5.16 Å². The highest BCUT2D eigenvalue weighted by atomic mass is 32.2. The van der Waals surface area contributed by atoms with Gasteiger partial charge in [0.2, 0.25) is 5.91 Å². The molecule has 0 unspecified atom stereocenters. The number of carbonyl (C=O) groups excluding carboxylic acids is 1. The van der Waals surface area contributed by atoms with E-state index in [4.69, 9.17) is 9.72 Å². The minimum absolute atomic E-state index is 0.0461. The van der Waals surface area contributed by atoms with Crippen LogP contribution in [0.1, 0.15) is 16.7 Å². The zero-order valence-corrected chi connectivity index (χ0v) is 20.6. The molecular weight excluding hydrogens is 446 g/mol. The van der Waals surface area contributed by atoms with E-state index in [0.717, 1.165) is 28.1 Å². The summed E-state index contributed by atoms with van der Waals surface area (Å²) in [6, 6.07) is 20.9. The summed E-state index contributed by atoms with van der Waals surface area (Å²) in [6.07, 6.45) is 0.